The highest BCUT2D eigenvalue weighted by molar-refractivity contribution is 7.99. The van der Waals surface area contributed by atoms with Crippen molar-refractivity contribution in [2.24, 2.45) is 0 Å². The molecule has 1 aromatic rings. The Balaban J connectivity index is 2.45. The third-order valence-corrected chi connectivity index (χ3v) is 2.11. The third-order valence-electron chi connectivity index (χ3n) is 1.17. The zero-order valence-corrected chi connectivity index (χ0v) is 6.84. The van der Waals surface area contributed by atoms with E-state index in [-0.39, 0.29) is 0 Å². The van der Waals surface area contributed by atoms with Crippen LogP contribution in [-0.2, 0) is 0 Å². The molecule has 1 aromatic carbocycles. The Morgan fingerprint density at radius 2 is 2.09 bits per heavy atom. The van der Waals surface area contributed by atoms with Gasteiger partial charge >= 0.3 is 0 Å². The second kappa shape index (κ2) is 4.78. The van der Waals surface area contributed by atoms with Gasteiger partial charge in [0.2, 0.25) is 0 Å². The van der Waals surface area contributed by atoms with Gasteiger partial charge in [-0.2, -0.15) is 0 Å². The third kappa shape index (κ3) is 3.08. The fraction of sp³-hybridized carbons (Fsp3) is 0.111. The molecular formula is C9H8NS. The molecule has 1 radical (unpaired) electrons. The highest BCUT2D eigenvalue weighted by atomic mass is 32.2. The lowest BCUT2D eigenvalue weighted by atomic mass is 10.4. The van der Waals surface area contributed by atoms with Gasteiger partial charge in [-0.3, -0.25) is 0 Å². The van der Waals surface area contributed by atoms with Crippen LogP contribution in [0.3, 0.4) is 0 Å². The van der Waals surface area contributed by atoms with Crippen molar-refractivity contribution >= 4 is 17.6 Å². The summed E-state index contributed by atoms with van der Waals surface area (Å²) in [5.74, 6) is 2.76. The number of hydrogen-bond acceptors (Lipinski definition) is 1. The standard InChI is InChI=1S/C9H8NS/c10-7-4-8-11-9-5-2-1-3-6-9/h1-6H,8H2. The minimum atomic E-state index is 0.764. The van der Waals surface area contributed by atoms with Crippen LogP contribution < -0.4 is 5.41 Å². The monoisotopic (exact) mass is 162 g/mol. The van der Waals surface area contributed by atoms with E-state index in [9.17, 15) is 0 Å². The first-order valence-corrected chi connectivity index (χ1v) is 4.31. The van der Waals surface area contributed by atoms with E-state index in [4.69, 9.17) is 5.41 Å². The lowest BCUT2D eigenvalue weighted by Crippen LogP contribution is -1.72. The molecule has 1 nitrogen and oxygen atoms in total. The van der Waals surface area contributed by atoms with Gasteiger partial charge in [-0.15, -0.1) is 11.8 Å². The van der Waals surface area contributed by atoms with Crippen LogP contribution in [-0.4, -0.2) is 11.6 Å². The summed E-state index contributed by atoms with van der Waals surface area (Å²) < 4.78 is 0. The van der Waals surface area contributed by atoms with Crippen LogP contribution in [0.5, 0.6) is 0 Å². The molecule has 2 heteroatoms. The van der Waals surface area contributed by atoms with Gasteiger partial charge in [-0.05, 0) is 18.2 Å². The lowest BCUT2D eigenvalue weighted by molar-refractivity contribution is 1.46. The summed E-state index contributed by atoms with van der Waals surface area (Å²) in [5.41, 5.74) is 0. The molecule has 0 unspecified atom stereocenters. The van der Waals surface area contributed by atoms with Crippen molar-refractivity contribution < 1.29 is 0 Å². The number of nitrogens with zero attached hydrogens (tertiary/aromatic N) is 1. The molecule has 0 spiro atoms. The average molecular weight is 162 g/mol. The predicted octanol–water partition coefficient (Wildman–Crippen LogP) is 1.80. The van der Waals surface area contributed by atoms with Crippen LogP contribution in [0, 0.1) is 0 Å². The molecule has 0 bridgehead atoms. The molecule has 11 heavy (non-hydrogen) atoms. The Hall–Kier alpha value is -0.980. The average Bonchev–Trinajstić information content (AvgIpc) is 2.07. The maximum atomic E-state index is 8.23. The van der Waals surface area contributed by atoms with Crippen molar-refractivity contribution in [2.75, 3.05) is 5.75 Å². The fourth-order valence-electron chi connectivity index (χ4n) is 0.692. The van der Waals surface area contributed by atoms with Crippen molar-refractivity contribution in [1.29, 1.82) is 0 Å². The van der Waals surface area contributed by atoms with E-state index in [0.717, 1.165) is 5.75 Å². The number of rotatable bonds is 3. The van der Waals surface area contributed by atoms with Crippen LogP contribution in [0.25, 0.3) is 0 Å². The highest BCUT2D eigenvalue weighted by Gasteiger charge is 1.87. The van der Waals surface area contributed by atoms with E-state index in [2.05, 4.69) is 0 Å². The Morgan fingerprint density at radius 1 is 1.36 bits per heavy atom. The topological polar surface area (TPSA) is 22.3 Å². The first-order valence-electron chi connectivity index (χ1n) is 3.32. The maximum absolute atomic E-state index is 8.23. The maximum Gasteiger partial charge on any atom is 0.0252 e. The van der Waals surface area contributed by atoms with Gasteiger partial charge in [0.05, 0.1) is 0 Å². The molecule has 0 N–H and O–H groups in total. The number of hydrogen-bond donors (Lipinski definition) is 0. The molecule has 0 aliphatic carbocycles. The van der Waals surface area contributed by atoms with E-state index in [0.29, 0.717) is 0 Å². The molecule has 0 saturated carbocycles. The summed E-state index contributed by atoms with van der Waals surface area (Å²) in [6, 6.07) is 10.0. The van der Waals surface area contributed by atoms with Gasteiger partial charge in [0.15, 0.2) is 0 Å². The SMILES string of the molecule is [N]=C=CCSc1ccccc1. The second-order valence-corrected chi connectivity index (χ2v) is 3.05. The summed E-state index contributed by atoms with van der Waals surface area (Å²) in [6.45, 7) is 0. The molecule has 1 rings (SSSR count). The van der Waals surface area contributed by atoms with Gasteiger partial charge in [0.1, 0.15) is 0 Å². The van der Waals surface area contributed by atoms with Crippen molar-refractivity contribution in [2.45, 2.75) is 4.90 Å². The highest BCUT2D eigenvalue weighted by Crippen LogP contribution is 2.15. The molecule has 0 heterocycles. The van der Waals surface area contributed by atoms with E-state index < -0.39 is 0 Å². The van der Waals surface area contributed by atoms with Crippen LogP contribution >= 0.6 is 11.8 Å². The summed E-state index contributed by atoms with van der Waals surface area (Å²) in [5, 5.41) is 8.23. The zero-order chi connectivity index (χ0) is 7.94. The molecule has 0 saturated heterocycles. The molecule has 0 aliphatic rings. The predicted molar refractivity (Wildman–Crippen MR) is 48.9 cm³/mol. The molecular weight excluding hydrogens is 154 g/mol. The second-order valence-electron chi connectivity index (χ2n) is 1.96. The first-order chi connectivity index (χ1) is 5.43. The Bertz CT molecular complexity index is 250. The number of benzene rings is 1. The van der Waals surface area contributed by atoms with Crippen LogP contribution in [0.4, 0.5) is 0 Å². The largest absolute Gasteiger partial charge is 0.121 e. The Kier molecular flexibility index (Phi) is 3.53. The smallest absolute Gasteiger partial charge is 0.0252 e. The van der Waals surface area contributed by atoms with E-state index >= 15 is 0 Å². The molecule has 0 amide bonds. The quantitative estimate of drug-likeness (QED) is 0.491. The summed E-state index contributed by atoms with van der Waals surface area (Å²) >= 11 is 1.67. The molecule has 0 atom stereocenters. The lowest BCUT2D eigenvalue weighted by Gasteiger charge is -1.94. The van der Waals surface area contributed by atoms with E-state index in [1.54, 1.807) is 17.8 Å². The van der Waals surface area contributed by atoms with Gasteiger partial charge < -0.3 is 0 Å². The van der Waals surface area contributed by atoms with Crippen LogP contribution in [0.1, 0.15) is 0 Å². The Labute approximate surface area is 70.6 Å². The normalized spacial score (nSPS) is 8.73. The van der Waals surface area contributed by atoms with Crippen LogP contribution in [0.15, 0.2) is 41.3 Å². The molecule has 55 valence electrons. The van der Waals surface area contributed by atoms with E-state index in [1.165, 1.54) is 4.90 Å². The van der Waals surface area contributed by atoms with Crippen molar-refractivity contribution in [3.8, 4) is 0 Å². The molecule has 0 aliphatic heterocycles. The fourth-order valence-corrected chi connectivity index (χ4v) is 1.39. The van der Waals surface area contributed by atoms with Gasteiger partial charge in [-0.25, -0.2) is 0 Å². The minimum absolute atomic E-state index is 0.764. The summed E-state index contributed by atoms with van der Waals surface area (Å²) in [7, 11) is 0. The first kappa shape index (κ1) is 8.12. The number of thioether (sulfide) groups is 1. The van der Waals surface area contributed by atoms with Gasteiger partial charge in [0.25, 0.3) is 0 Å². The Morgan fingerprint density at radius 3 is 2.73 bits per heavy atom. The van der Waals surface area contributed by atoms with Crippen molar-refractivity contribution in [1.82, 2.24) is 5.41 Å². The van der Waals surface area contributed by atoms with Crippen LogP contribution in [0.2, 0.25) is 0 Å². The summed E-state index contributed by atoms with van der Waals surface area (Å²) in [4.78, 5) is 1.21. The molecule has 0 fully saturated rings. The minimum Gasteiger partial charge on any atom is -0.121 e. The molecule has 0 aromatic heterocycles. The van der Waals surface area contributed by atoms with E-state index in [1.807, 2.05) is 36.2 Å². The van der Waals surface area contributed by atoms with Gasteiger partial charge in [0, 0.05) is 16.5 Å². The van der Waals surface area contributed by atoms with Crippen molar-refractivity contribution in [3.05, 3.63) is 36.4 Å². The zero-order valence-electron chi connectivity index (χ0n) is 6.03. The van der Waals surface area contributed by atoms with Crippen molar-refractivity contribution in [3.63, 3.8) is 0 Å². The van der Waals surface area contributed by atoms with Gasteiger partial charge in [-0.1, -0.05) is 23.6 Å². The summed E-state index contributed by atoms with van der Waals surface area (Å²) in [6.07, 6.45) is 1.59.